The molecule has 2 N–H and O–H groups in total. The average molecular weight is 339 g/mol. The van der Waals surface area contributed by atoms with Gasteiger partial charge in [-0.05, 0) is 37.5 Å². The second-order valence-corrected chi connectivity index (χ2v) is 11.6. The second kappa shape index (κ2) is 5.47. The Kier molecular flexibility index (Phi) is 4.48. The highest BCUT2D eigenvalue weighted by Gasteiger charge is 2.40. The number of aliphatic hydroxyl groups is 1. The van der Waals surface area contributed by atoms with Crippen LogP contribution in [0.2, 0.25) is 0 Å². The van der Waals surface area contributed by atoms with Crippen LogP contribution in [0.1, 0.15) is 46.0 Å². The lowest BCUT2D eigenvalue weighted by molar-refractivity contribution is -0.0206. The second-order valence-electron chi connectivity index (χ2n) is 7.28. The monoisotopic (exact) mass is 339 g/mol. The molecule has 1 atom stereocenters. The molecular formula is C13H25NO5S2. The van der Waals surface area contributed by atoms with Gasteiger partial charge in [-0.15, -0.1) is 0 Å². The van der Waals surface area contributed by atoms with Gasteiger partial charge >= 0.3 is 0 Å². The normalized spacial score (nSPS) is 31.1. The summed E-state index contributed by atoms with van der Waals surface area (Å²) in [5.41, 5.74) is -0.829. The molecule has 0 amide bonds. The first-order chi connectivity index (χ1) is 9.43. The minimum absolute atomic E-state index is 0.0258. The summed E-state index contributed by atoms with van der Waals surface area (Å²) < 4.78 is 49.5. The number of sulfonamides is 1. The molecule has 1 saturated carbocycles. The highest BCUT2D eigenvalue weighted by Crippen LogP contribution is 2.39. The van der Waals surface area contributed by atoms with Crippen molar-refractivity contribution < 1.29 is 21.9 Å². The van der Waals surface area contributed by atoms with Crippen molar-refractivity contribution in [3.8, 4) is 0 Å². The smallest absolute Gasteiger partial charge is 0.215 e. The van der Waals surface area contributed by atoms with Gasteiger partial charge in [0.15, 0.2) is 9.84 Å². The van der Waals surface area contributed by atoms with Crippen molar-refractivity contribution in [1.29, 1.82) is 0 Å². The number of hydrogen-bond acceptors (Lipinski definition) is 5. The SMILES string of the molecule is CC1(C)CCC(O)(CNS(=O)(=O)C2CCS(=O)(=O)C2)CC1. The summed E-state index contributed by atoms with van der Waals surface area (Å²) >= 11 is 0. The molecule has 1 heterocycles. The maximum Gasteiger partial charge on any atom is 0.215 e. The minimum Gasteiger partial charge on any atom is -0.389 e. The van der Waals surface area contributed by atoms with E-state index in [1.165, 1.54) is 0 Å². The lowest BCUT2D eigenvalue weighted by Crippen LogP contribution is -2.48. The zero-order valence-corrected chi connectivity index (χ0v) is 14.3. The first-order valence-corrected chi connectivity index (χ1v) is 10.7. The fourth-order valence-corrected chi connectivity index (χ4v) is 7.09. The molecule has 21 heavy (non-hydrogen) atoms. The molecule has 1 aliphatic carbocycles. The van der Waals surface area contributed by atoms with Crippen molar-refractivity contribution in [3.05, 3.63) is 0 Å². The van der Waals surface area contributed by atoms with Crippen LogP contribution in [0, 0.1) is 5.41 Å². The van der Waals surface area contributed by atoms with Gasteiger partial charge in [0.2, 0.25) is 10.0 Å². The van der Waals surface area contributed by atoms with Gasteiger partial charge in [0.05, 0.1) is 22.4 Å². The van der Waals surface area contributed by atoms with E-state index in [2.05, 4.69) is 18.6 Å². The Balaban J connectivity index is 1.93. The van der Waals surface area contributed by atoms with E-state index in [0.717, 1.165) is 12.8 Å². The maximum atomic E-state index is 12.1. The van der Waals surface area contributed by atoms with Crippen LogP contribution >= 0.6 is 0 Å². The van der Waals surface area contributed by atoms with Gasteiger partial charge in [0.1, 0.15) is 0 Å². The molecular weight excluding hydrogens is 314 g/mol. The Labute approximate surface area is 127 Å². The summed E-state index contributed by atoms with van der Waals surface area (Å²) in [4.78, 5) is 0. The highest BCUT2D eigenvalue weighted by molar-refractivity contribution is 7.95. The zero-order valence-electron chi connectivity index (χ0n) is 12.6. The van der Waals surface area contributed by atoms with E-state index in [1.807, 2.05) is 0 Å². The summed E-state index contributed by atoms with van der Waals surface area (Å²) in [5.74, 6) is -0.384. The van der Waals surface area contributed by atoms with Crippen molar-refractivity contribution in [1.82, 2.24) is 4.72 Å². The molecule has 0 aromatic carbocycles. The molecule has 6 nitrogen and oxygen atoms in total. The van der Waals surface area contributed by atoms with Crippen LogP contribution < -0.4 is 4.72 Å². The summed E-state index contributed by atoms with van der Waals surface area (Å²) in [6.07, 6.45) is 2.96. The van der Waals surface area contributed by atoms with Gasteiger partial charge in [0, 0.05) is 6.54 Å². The van der Waals surface area contributed by atoms with Crippen molar-refractivity contribution in [3.63, 3.8) is 0 Å². The highest BCUT2D eigenvalue weighted by atomic mass is 32.2. The van der Waals surface area contributed by atoms with E-state index in [4.69, 9.17) is 0 Å². The van der Waals surface area contributed by atoms with Crippen LogP contribution in [0.4, 0.5) is 0 Å². The van der Waals surface area contributed by atoms with Crippen LogP contribution in [-0.4, -0.2) is 50.8 Å². The van der Waals surface area contributed by atoms with E-state index in [1.54, 1.807) is 0 Å². The first kappa shape index (κ1) is 17.2. The van der Waals surface area contributed by atoms with Gasteiger partial charge < -0.3 is 5.11 Å². The fourth-order valence-electron chi connectivity index (χ4n) is 2.93. The number of sulfone groups is 1. The third-order valence-corrected chi connectivity index (χ3v) is 8.57. The summed E-state index contributed by atoms with van der Waals surface area (Å²) in [5, 5.41) is 9.58. The van der Waals surface area contributed by atoms with Crippen LogP contribution in [0.5, 0.6) is 0 Å². The topological polar surface area (TPSA) is 101 Å². The third kappa shape index (κ3) is 4.40. The molecule has 2 fully saturated rings. The molecule has 1 saturated heterocycles. The Morgan fingerprint density at radius 3 is 2.24 bits per heavy atom. The number of rotatable bonds is 4. The predicted octanol–water partition coefficient (Wildman–Crippen LogP) is 0.424. The van der Waals surface area contributed by atoms with Crippen molar-refractivity contribution in [2.75, 3.05) is 18.1 Å². The van der Waals surface area contributed by atoms with Gasteiger partial charge in [-0.1, -0.05) is 13.8 Å². The molecule has 0 radical (unpaired) electrons. The third-order valence-electron chi connectivity index (χ3n) is 4.77. The zero-order chi connectivity index (χ0) is 15.9. The van der Waals surface area contributed by atoms with Crippen molar-refractivity contribution in [2.24, 2.45) is 5.41 Å². The van der Waals surface area contributed by atoms with Crippen LogP contribution in [0.25, 0.3) is 0 Å². The molecule has 1 aliphatic heterocycles. The van der Waals surface area contributed by atoms with Gasteiger partial charge in [-0.2, -0.15) is 0 Å². The molecule has 8 heteroatoms. The van der Waals surface area contributed by atoms with E-state index < -0.39 is 30.7 Å². The first-order valence-electron chi connectivity index (χ1n) is 7.35. The van der Waals surface area contributed by atoms with Crippen LogP contribution in [-0.2, 0) is 19.9 Å². The molecule has 0 spiro atoms. The van der Waals surface area contributed by atoms with E-state index in [9.17, 15) is 21.9 Å². The standard InChI is InChI=1S/C13H25NO5S2/c1-12(2)4-6-13(15,7-5-12)10-14-21(18,19)11-3-8-20(16,17)9-11/h11,14-15H,3-10H2,1-2H3. The fraction of sp³-hybridized carbons (Fsp3) is 1.00. The summed E-state index contributed by atoms with van der Waals surface area (Å²) in [7, 11) is -6.92. The van der Waals surface area contributed by atoms with Crippen LogP contribution in [0.15, 0.2) is 0 Å². The van der Waals surface area contributed by atoms with Gasteiger partial charge in [0.25, 0.3) is 0 Å². The summed E-state index contributed by atoms with van der Waals surface area (Å²) in [6.45, 7) is 4.25. The number of hydrogen-bond donors (Lipinski definition) is 2. The Morgan fingerprint density at radius 1 is 1.19 bits per heavy atom. The van der Waals surface area contributed by atoms with Gasteiger partial charge in [-0.25, -0.2) is 21.6 Å². The molecule has 1 unspecified atom stereocenters. The lowest BCUT2D eigenvalue weighted by Gasteiger charge is -2.40. The van der Waals surface area contributed by atoms with E-state index >= 15 is 0 Å². The Hall–Kier alpha value is -0.180. The van der Waals surface area contributed by atoms with Crippen molar-refractivity contribution in [2.45, 2.75) is 56.8 Å². The average Bonchev–Trinajstić information content (AvgIpc) is 2.73. The quantitative estimate of drug-likeness (QED) is 0.773. The molecule has 0 bridgehead atoms. The molecule has 0 aromatic heterocycles. The molecule has 2 rings (SSSR count). The maximum absolute atomic E-state index is 12.1. The Morgan fingerprint density at radius 2 is 1.76 bits per heavy atom. The molecule has 2 aliphatic rings. The van der Waals surface area contributed by atoms with Crippen molar-refractivity contribution >= 4 is 19.9 Å². The Bertz CT molecular complexity index is 584. The predicted molar refractivity (Wildman–Crippen MR) is 81.2 cm³/mol. The van der Waals surface area contributed by atoms with Crippen LogP contribution in [0.3, 0.4) is 0 Å². The van der Waals surface area contributed by atoms with E-state index in [0.29, 0.717) is 12.8 Å². The molecule has 124 valence electrons. The summed E-state index contributed by atoms with van der Waals surface area (Å²) in [6, 6.07) is 0. The largest absolute Gasteiger partial charge is 0.389 e. The minimum atomic E-state index is -3.69. The molecule has 0 aromatic rings. The van der Waals surface area contributed by atoms with Gasteiger partial charge in [-0.3, -0.25) is 0 Å². The lowest BCUT2D eigenvalue weighted by atomic mass is 9.71. The van der Waals surface area contributed by atoms with E-state index in [-0.39, 0.29) is 29.9 Å². The number of nitrogens with one attached hydrogen (secondary N) is 1.